The van der Waals surface area contributed by atoms with Gasteiger partial charge in [-0.2, -0.15) is 0 Å². The second-order valence-corrected chi connectivity index (χ2v) is 5.29. The van der Waals surface area contributed by atoms with E-state index >= 15 is 0 Å². The fourth-order valence-corrected chi connectivity index (χ4v) is 2.86. The predicted octanol–water partition coefficient (Wildman–Crippen LogP) is 0.670. The minimum Gasteiger partial charge on any atom is -0.355 e. The molecule has 2 aliphatic rings. The van der Waals surface area contributed by atoms with Gasteiger partial charge < -0.3 is 10.6 Å². The van der Waals surface area contributed by atoms with E-state index in [2.05, 4.69) is 20.6 Å². The second kappa shape index (κ2) is 5.10. The van der Waals surface area contributed by atoms with Crippen molar-refractivity contribution in [1.82, 2.24) is 15.3 Å². The Labute approximate surface area is 106 Å². The Hall–Kier alpha value is -1.36. The average Bonchev–Trinajstić information content (AvgIpc) is 2.86. The third-order valence-electron chi connectivity index (χ3n) is 3.90. The molecular weight excluding hydrogens is 228 g/mol. The lowest BCUT2D eigenvalue weighted by Gasteiger charge is -2.23. The Morgan fingerprint density at radius 3 is 3.11 bits per heavy atom. The molecule has 0 saturated carbocycles. The van der Waals surface area contributed by atoms with Gasteiger partial charge in [0.05, 0.1) is 5.69 Å². The van der Waals surface area contributed by atoms with E-state index in [0.29, 0.717) is 11.9 Å². The highest BCUT2D eigenvalue weighted by Gasteiger charge is 2.18. The number of anilines is 1. The largest absolute Gasteiger partial charge is 0.355 e. The molecule has 1 aromatic rings. The zero-order valence-electron chi connectivity index (χ0n) is 10.6. The minimum atomic E-state index is 0.0433. The van der Waals surface area contributed by atoms with Gasteiger partial charge in [0.2, 0.25) is 5.95 Å². The molecule has 1 atom stereocenters. The molecule has 1 unspecified atom stereocenters. The molecular formula is C13H20N4O. The van der Waals surface area contributed by atoms with Crippen LogP contribution >= 0.6 is 0 Å². The highest BCUT2D eigenvalue weighted by Crippen LogP contribution is 2.17. The van der Waals surface area contributed by atoms with E-state index in [4.69, 9.17) is 0 Å². The number of piperidine rings is 1. The molecule has 1 saturated heterocycles. The van der Waals surface area contributed by atoms with E-state index in [1.54, 1.807) is 0 Å². The summed E-state index contributed by atoms with van der Waals surface area (Å²) < 4.78 is 0. The summed E-state index contributed by atoms with van der Waals surface area (Å²) in [5.41, 5.74) is 1.92. The summed E-state index contributed by atoms with van der Waals surface area (Å²) in [5, 5.41) is 6.67. The van der Waals surface area contributed by atoms with Gasteiger partial charge in [0, 0.05) is 12.1 Å². The highest BCUT2D eigenvalue weighted by molar-refractivity contribution is 5.32. The lowest BCUT2D eigenvalue weighted by atomic mass is 10.00. The maximum atomic E-state index is 11.8. The predicted molar refractivity (Wildman–Crippen MR) is 71.0 cm³/mol. The first-order valence-electron chi connectivity index (χ1n) is 6.89. The van der Waals surface area contributed by atoms with Crippen LogP contribution < -0.4 is 16.2 Å². The van der Waals surface area contributed by atoms with Crippen molar-refractivity contribution in [2.24, 2.45) is 5.92 Å². The molecule has 3 N–H and O–H groups in total. The summed E-state index contributed by atoms with van der Waals surface area (Å²) in [6.07, 6.45) is 5.36. The number of H-pyrrole nitrogens is 1. The van der Waals surface area contributed by atoms with Crippen molar-refractivity contribution < 1.29 is 0 Å². The fraction of sp³-hybridized carbons (Fsp3) is 0.692. The van der Waals surface area contributed by atoms with Crippen LogP contribution in [0.25, 0.3) is 0 Å². The zero-order valence-corrected chi connectivity index (χ0v) is 10.6. The van der Waals surface area contributed by atoms with Crippen LogP contribution in [-0.4, -0.2) is 29.6 Å². The molecule has 5 heteroatoms. The Morgan fingerprint density at radius 2 is 2.28 bits per heavy atom. The van der Waals surface area contributed by atoms with Crippen molar-refractivity contribution in [3.05, 3.63) is 21.6 Å². The Bertz CT molecular complexity index is 476. The molecule has 0 amide bonds. The summed E-state index contributed by atoms with van der Waals surface area (Å²) >= 11 is 0. The smallest absolute Gasteiger partial charge is 0.255 e. The molecule has 1 aromatic heterocycles. The van der Waals surface area contributed by atoms with Crippen LogP contribution in [0.15, 0.2) is 4.79 Å². The lowest BCUT2D eigenvalue weighted by Crippen LogP contribution is -2.34. The molecule has 0 bridgehead atoms. The van der Waals surface area contributed by atoms with Crippen molar-refractivity contribution in [3.63, 3.8) is 0 Å². The van der Waals surface area contributed by atoms with Gasteiger partial charge in [-0.15, -0.1) is 0 Å². The first-order chi connectivity index (χ1) is 8.83. The number of nitrogens with zero attached hydrogens (tertiary/aromatic N) is 1. The van der Waals surface area contributed by atoms with Crippen LogP contribution in [0, 0.1) is 5.92 Å². The van der Waals surface area contributed by atoms with Gasteiger partial charge in [0.15, 0.2) is 0 Å². The number of nitrogens with one attached hydrogen (secondary N) is 3. The van der Waals surface area contributed by atoms with E-state index in [1.165, 1.54) is 12.8 Å². The van der Waals surface area contributed by atoms with Gasteiger partial charge in [-0.1, -0.05) is 0 Å². The molecule has 1 aliphatic carbocycles. The van der Waals surface area contributed by atoms with E-state index < -0.39 is 0 Å². The van der Waals surface area contributed by atoms with Gasteiger partial charge in [-0.3, -0.25) is 9.78 Å². The monoisotopic (exact) mass is 248 g/mol. The van der Waals surface area contributed by atoms with Crippen LogP contribution in [0.4, 0.5) is 5.95 Å². The number of fused-ring (bicyclic) bond motifs is 1. The van der Waals surface area contributed by atoms with Crippen molar-refractivity contribution in [2.75, 3.05) is 25.0 Å². The molecule has 0 spiro atoms. The molecule has 18 heavy (non-hydrogen) atoms. The molecule has 5 nitrogen and oxygen atoms in total. The number of aromatic nitrogens is 2. The topological polar surface area (TPSA) is 69.8 Å². The van der Waals surface area contributed by atoms with Gasteiger partial charge in [0.1, 0.15) is 0 Å². The Morgan fingerprint density at radius 1 is 1.33 bits per heavy atom. The van der Waals surface area contributed by atoms with Gasteiger partial charge >= 0.3 is 0 Å². The summed E-state index contributed by atoms with van der Waals surface area (Å²) in [5.74, 6) is 1.28. The highest BCUT2D eigenvalue weighted by atomic mass is 16.1. The standard InChI is InChI=1S/C13H20N4O/c18-12-10-4-1-5-11(10)16-13(17-12)15-8-9-3-2-6-14-7-9/h9,14H,1-8H2,(H2,15,16,17,18). The number of aryl methyl sites for hydroxylation is 1. The minimum absolute atomic E-state index is 0.0433. The van der Waals surface area contributed by atoms with E-state index in [0.717, 1.165) is 50.2 Å². The van der Waals surface area contributed by atoms with Crippen molar-refractivity contribution in [1.29, 1.82) is 0 Å². The van der Waals surface area contributed by atoms with Crippen molar-refractivity contribution in [3.8, 4) is 0 Å². The van der Waals surface area contributed by atoms with Crippen LogP contribution in [0.2, 0.25) is 0 Å². The Balaban J connectivity index is 1.66. The SMILES string of the molecule is O=c1[nH]c(NCC2CCCNC2)nc2c1CCC2. The third-order valence-corrected chi connectivity index (χ3v) is 3.90. The van der Waals surface area contributed by atoms with Crippen molar-refractivity contribution in [2.45, 2.75) is 32.1 Å². The maximum absolute atomic E-state index is 11.8. The summed E-state index contributed by atoms with van der Waals surface area (Å²) in [7, 11) is 0. The first kappa shape index (κ1) is 11.7. The normalized spacial score (nSPS) is 22.8. The molecule has 1 aliphatic heterocycles. The summed E-state index contributed by atoms with van der Waals surface area (Å²) in [4.78, 5) is 19.2. The molecule has 2 heterocycles. The summed E-state index contributed by atoms with van der Waals surface area (Å²) in [6.45, 7) is 3.07. The van der Waals surface area contributed by atoms with E-state index in [9.17, 15) is 4.79 Å². The quantitative estimate of drug-likeness (QED) is 0.735. The average molecular weight is 248 g/mol. The van der Waals surface area contributed by atoms with Crippen LogP contribution in [0.1, 0.15) is 30.5 Å². The Kier molecular flexibility index (Phi) is 3.32. The molecule has 0 aromatic carbocycles. The molecule has 98 valence electrons. The van der Waals surface area contributed by atoms with E-state index in [-0.39, 0.29) is 5.56 Å². The number of aromatic amines is 1. The lowest BCUT2D eigenvalue weighted by molar-refractivity contribution is 0.392. The van der Waals surface area contributed by atoms with Gasteiger partial charge in [0.25, 0.3) is 5.56 Å². The van der Waals surface area contributed by atoms with Crippen molar-refractivity contribution >= 4 is 5.95 Å². The molecule has 3 rings (SSSR count). The maximum Gasteiger partial charge on any atom is 0.255 e. The van der Waals surface area contributed by atoms with Crippen LogP contribution in [0.5, 0.6) is 0 Å². The van der Waals surface area contributed by atoms with Gasteiger partial charge in [-0.25, -0.2) is 4.98 Å². The third kappa shape index (κ3) is 2.41. The number of hydrogen-bond donors (Lipinski definition) is 3. The van der Waals surface area contributed by atoms with Crippen LogP contribution in [0.3, 0.4) is 0 Å². The number of hydrogen-bond acceptors (Lipinski definition) is 4. The zero-order chi connectivity index (χ0) is 12.4. The number of rotatable bonds is 3. The van der Waals surface area contributed by atoms with Crippen LogP contribution in [-0.2, 0) is 12.8 Å². The van der Waals surface area contributed by atoms with E-state index in [1.807, 2.05) is 0 Å². The summed E-state index contributed by atoms with van der Waals surface area (Å²) in [6, 6.07) is 0. The molecule has 0 radical (unpaired) electrons. The first-order valence-corrected chi connectivity index (χ1v) is 6.89. The fourth-order valence-electron chi connectivity index (χ4n) is 2.86. The second-order valence-electron chi connectivity index (χ2n) is 5.29. The molecule has 1 fully saturated rings. The van der Waals surface area contributed by atoms with Gasteiger partial charge in [-0.05, 0) is 51.1 Å².